The summed E-state index contributed by atoms with van der Waals surface area (Å²) >= 11 is 1.58. The maximum atomic E-state index is 13.1. The summed E-state index contributed by atoms with van der Waals surface area (Å²) in [4.78, 5) is 20.5. The summed E-state index contributed by atoms with van der Waals surface area (Å²) in [6, 6.07) is 10.2. The van der Waals surface area contributed by atoms with Crippen LogP contribution in [0.25, 0.3) is 10.8 Å². The Morgan fingerprint density at radius 1 is 1.23 bits per heavy atom. The first-order chi connectivity index (χ1) is 12.4. The van der Waals surface area contributed by atoms with Crippen molar-refractivity contribution in [1.29, 1.82) is 0 Å². The van der Waals surface area contributed by atoms with Gasteiger partial charge in [-0.2, -0.15) is 0 Å². The fourth-order valence-electron chi connectivity index (χ4n) is 3.01. The molecule has 3 rings (SSSR count). The van der Waals surface area contributed by atoms with Gasteiger partial charge < -0.3 is 9.32 Å². The number of rotatable bonds is 5. The van der Waals surface area contributed by atoms with Gasteiger partial charge in [-0.15, -0.1) is 11.3 Å². The second kappa shape index (κ2) is 7.46. The molecular weight excluding hydrogens is 344 g/mol. The van der Waals surface area contributed by atoms with Gasteiger partial charge >= 0.3 is 0 Å². The van der Waals surface area contributed by atoms with Gasteiger partial charge in [0.1, 0.15) is 5.76 Å². The van der Waals surface area contributed by atoms with Crippen LogP contribution >= 0.6 is 11.3 Å². The quantitative estimate of drug-likeness (QED) is 0.613. The maximum Gasteiger partial charge on any atom is 0.236 e. The fraction of sp³-hybridized carbons (Fsp3) is 0.333. The average Bonchev–Trinajstić information content (AvgIpc) is 3.21. The predicted molar refractivity (Wildman–Crippen MR) is 107 cm³/mol. The van der Waals surface area contributed by atoms with Gasteiger partial charge in [-0.25, -0.2) is 4.98 Å². The summed E-state index contributed by atoms with van der Waals surface area (Å²) in [5.74, 6) is 1.32. The third-order valence-corrected chi connectivity index (χ3v) is 5.21. The van der Waals surface area contributed by atoms with Gasteiger partial charge in [0.05, 0.1) is 17.0 Å². The summed E-state index contributed by atoms with van der Waals surface area (Å²) in [6.07, 6.45) is 0.228. The summed E-state index contributed by atoms with van der Waals surface area (Å²) in [5.41, 5.74) is 3.90. The Balaban J connectivity index is 1.89. The first-order valence-electron chi connectivity index (χ1n) is 8.76. The van der Waals surface area contributed by atoms with Crippen molar-refractivity contribution in [3.8, 4) is 10.8 Å². The normalized spacial score (nSPS) is 11.2. The van der Waals surface area contributed by atoms with Crippen LogP contribution in [0.1, 0.15) is 36.4 Å². The Kier molecular flexibility index (Phi) is 5.28. The molecule has 0 radical (unpaired) electrons. The lowest BCUT2D eigenvalue weighted by molar-refractivity contribution is -0.118. The molecule has 1 aromatic carbocycles. The van der Waals surface area contributed by atoms with Crippen LogP contribution in [0.4, 0.5) is 5.69 Å². The monoisotopic (exact) mass is 368 g/mol. The number of oxazole rings is 1. The van der Waals surface area contributed by atoms with Crippen LogP contribution in [0.5, 0.6) is 0 Å². The van der Waals surface area contributed by atoms with Gasteiger partial charge in [0.25, 0.3) is 0 Å². The Labute approximate surface area is 158 Å². The highest BCUT2D eigenvalue weighted by Gasteiger charge is 2.24. The minimum absolute atomic E-state index is 0.0304. The number of anilines is 1. The molecule has 0 saturated carbocycles. The Morgan fingerprint density at radius 3 is 2.65 bits per heavy atom. The number of nitrogens with zero attached hydrogens (tertiary/aromatic N) is 2. The molecule has 0 bridgehead atoms. The van der Waals surface area contributed by atoms with Crippen LogP contribution in [-0.4, -0.2) is 16.9 Å². The average molecular weight is 369 g/mol. The second-order valence-electron chi connectivity index (χ2n) is 6.82. The topological polar surface area (TPSA) is 46.3 Å². The Bertz CT molecular complexity index is 910. The second-order valence-corrected chi connectivity index (χ2v) is 7.77. The van der Waals surface area contributed by atoms with Crippen molar-refractivity contribution in [2.75, 3.05) is 4.90 Å². The van der Waals surface area contributed by atoms with E-state index in [1.807, 2.05) is 57.0 Å². The van der Waals surface area contributed by atoms with E-state index in [0.29, 0.717) is 17.3 Å². The number of aromatic nitrogens is 1. The van der Waals surface area contributed by atoms with Crippen molar-refractivity contribution < 1.29 is 9.21 Å². The van der Waals surface area contributed by atoms with Crippen molar-refractivity contribution >= 4 is 22.9 Å². The van der Waals surface area contributed by atoms with Crippen LogP contribution in [0.3, 0.4) is 0 Å². The molecule has 136 valence electrons. The fourth-order valence-corrected chi connectivity index (χ4v) is 3.65. The molecule has 0 spiro atoms. The molecule has 0 fully saturated rings. The highest BCUT2D eigenvalue weighted by Crippen LogP contribution is 2.28. The summed E-state index contributed by atoms with van der Waals surface area (Å²) in [6.45, 7) is 10.0. The standard InChI is InChI=1S/C21H24N2O2S/c1-13(2)23(18-11-14(3)8-9-15(18)4)20(24)12-17-16(5)25-21(22-17)19-7-6-10-26-19/h6-11,13H,12H2,1-5H3. The number of carbonyl (C=O) groups excluding carboxylic acids is 1. The zero-order chi connectivity index (χ0) is 18.8. The number of aryl methyl sites for hydroxylation is 3. The lowest BCUT2D eigenvalue weighted by Crippen LogP contribution is -2.38. The number of benzene rings is 1. The molecule has 5 heteroatoms. The van der Waals surface area contributed by atoms with Crippen LogP contribution < -0.4 is 4.90 Å². The van der Waals surface area contributed by atoms with Crippen molar-refractivity contribution in [3.05, 3.63) is 58.3 Å². The van der Waals surface area contributed by atoms with Gasteiger partial charge in [-0.1, -0.05) is 18.2 Å². The summed E-state index contributed by atoms with van der Waals surface area (Å²) < 4.78 is 5.78. The highest BCUT2D eigenvalue weighted by molar-refractivity contribution is 7.13. The van der Waals surface area contributed by atoms with Crippen molar-refractivity contribution in [3.63, 3.8) is 0 Å². The molecule has 3 aromatic rings. The molecular formula is C21H24N2O2S. The predicted octanol–water partition coefficient (Wildman–Crippen LogP) is 5.31. The summed E-state index contributed by atoms with van der Waals surface area (Å²) in [5, 5.41) is 1.99. The van der Waals surface area contributed by atoms with Gasteiger partial charge in [0, 0.05) is 11.7 Å². The SMILES string of the molecule is Cc1ccc(C)c(N(C(=O)Cc2nc(-c3cccs3)oc2C)C(C)C)c1. The lowest BCUT2D eigenvalue weighted by Gasteiger charge is -2.28. The molecule has 2 aromatic heterocycles. The van der Waals surface area contributed by atoms with Crippen LogP contribution in [0.15, 0.2) is 40.1 Å². The zero-order valence-corrected chi connectivity index (χ0v) is 16.7. The van der Waals surface area contributed by atoms with Gasteiger partial charge in [-0.05, 0) is 63.3 Å². The van der Waals surface area contributed by atoms with E-state index in [-0.39, 0.29) is 18.4 Å². The minimum atomic E-state index is 0.0304. The van der Waals surface area contributed by atoms with Crippen LogP contribution in [-0.2, 0) is 11.2 Å². The van der Waals surface area contributed by atoms with E-state index in [0.717, 1.165) is 21.7 Å². The Hall–Kier alpha value is -2.40. The van der Waals surface area contributed by atoms with E-state index in [4.69, 9.17) is 4.42 Å². The molecule has 26 heavy (non-hydrogen) atoms. The van der Waals surface area contributed by atoms with Gasteiger partial charge in [0.2, 0.25) is 11.8 Å². The first-order valence-corrected chi connectivity index (χ1v) is 9.64. The number of carbonyl (C=O) groups is 1. The van der Waals surface area contributed by atoms with E-state index < -0.39 is 0 Å². The van der Waals surface area contributed by atoms with Gasteiger partial charge in [-0.3, -0.25) is 4.79 Å². The lowest BCUT2D eigenvalue weighted by atomic mass is 10.1. The van der Waals surface area contributed by atoms with Crippen molar-refractivity contribution in [1.82, 2.24) is 4.98 Å². The Morgan fingerprint density at radius 2 is 2.00 bits per heavy atom. The minimum Gasteiger partial charge on any atom is -0.440 e. The third kappa shape index (κ3) is 3.73. The van der Waals surface area contributed by atoms with Gasteiger partial charge in [0.15, 0.2) is 0 Å². The first kappa shape index (κ1) is 18.4. The number of hydrogen-bond donors (Lipinski definition) is 0. The molecule has 0 aliphatic heterocycles. The third-order valence-electron chi connectivity index (χ3n) is 4.35. The molecule has 0 aliphatic carbocycles. The zero-order valence-electron chi connectivity index (χ0n) is 15.9. The number of thiophene rings is 1. The van der Waals surface area contributed by atoms with Crippen molar-refractivity contribution in [2.24, 2.45) is 0 Å². The molecule has 0 unspecified atom stereocenters. The van der Waals surface area contributed by atoms with Crippen molar-refractivity contribution in [2.45, 2.75) is 47.1 Å². The van der Waals surface area contributed by atoms with E-state index in [1.165, 1.54) is 0 Å². The highest BCUT2D eigenvalue weighted by atomic mass is 32.1. The maximum absolute atomic E-state index is 13.1. The molecule has 0 N–H and O–H groups in total. The largest absolute Gasteiger partial charge is 0.440 e. The molecule has 1 amide bonds. The molecule has 2 heterocycles. The van der Waals surface area contributed by atoms with Crippen LogP contribution in [0.2, 0.25) is 0 Å². The van der Waals surface area contributed by atoms with E-state index >= 15 is 0 Å². The molecule has 4 nitrogen and oxygen atoms in total. The van der Waals surface area contributed by atoms with Crippen LogP contribution in [0, 0.1) is 20.8 Å². The van der Waals surface area contributed by atoms with E-state index in [2.05, 4.69) is 23.2 Å². The smallest absolute Gasteiger partial charge is 0.236 e. The van der Waals surface area contributed by atoms with E-state index in [1.54, 1.807) is 11.3 Å². The number of hydrogen-bond acceptors (Lipinski definition) is 4. The summed E-state index contributed by atoms with van der Waals surface area (Å²) in [7, 11) is 0. The number of amides is 1. The molecule has 0 saturated heterocycles. The van der Waals surface area contributed by atoms with E-state index in [9.17, 15) is 4.79 Å². The molecule has 0 atom stereocenters. The molecule has 0 aliphatic rings.